The first-order valence-electron chi connectivity index (χ1n) is 6.63. The van der Waals surface area contributed by atoms with Crippen molar-refractivity contribution in [3.63, 3.8) is 0 Å². The van der Waals surface area contributed by atoms with E-state index in [1.807, 2.05) is 0 Å². The maximum Gasteiger partial charge on any atom is 0.161 e. The van der Waals surface area contributed by atoms with Gasteiger partial charge in [-0.25, -0.2) is 13.2 Å². The number of rotatable bonds is 4. The zero-order valence-corrected chi connectivity index (χ0v) is 11.0. The Bertz CT molecular complexity index is 651. The van der Waals surface area contributed by atoms with Gasteiger partial charge in [0.05, 0.1) is 6.10 Å². The minimum Gasteiger partial charge on any atom is -0.490 e. The van der Waals surface area contributed by atoms with Crippen LogP contribution in [0.25, 0.3) is 0 Å². The van der Waals surface area contributed by atoms with Gasteiger partial charge in [-0.3, -0.25) is 0 Å². The van der Waals surface area contributed by atoms with Crippen molar-refractivity contribution < 1.29 is 23.0 Å². The van der Waals surface area contributed by atoms with Gasteiger partial charge in [0.1, 0.15) is 17.7 Å². The Morgan fingerprint density at radius 2 is 1.57 bits per heavy atom. The summed E-state index contributed by atoms with van der Waals surface area (Å²) in [6.45, 7) is 0. The molecule has 21 heavy (non-hydrogen) atoms. The molecule has 1 saturated carbocycles. The molecule has 1 aliphatic rings. The van der Waals surface area contributed by atoms with Gasteiger partial charge in [-0.15, -0.1) is 0 Å². The average Bonchev–Trinajstić information content (AvgIpc) is 3.27. The number of hydrogen-bond donors (Lipinski definition) is 1. The molecule has 1 N–H and O–H groups in total. The van der Waals surface area contributed by atoms with Crippen LogP contribution in [0.15, 0.2) is 36.4 Å². The summed E-state index contributed by atoms with van der Waals surface area (Å²) in [5, 5.41) is 10.1. The summed E-state index contributed by atoms with van der Waals surface area (Å²) in [7, 11) is 0. The third kappa shape index (κ3) is 3.03. The molecule has 3 rings (SSSR count). The molecule has 2 aromatic carbocycles. The predicted molar refractivity (Wildman–Crippen MR) is 70.5 cm³/mol. The van der Waals surface area contributed by atoms with E-state index in [4.69, 9.17) is 4.74 Å². The van der Waals surface area contributed by atoms with Crippen LogP contribution in [-0.2, 0) is 0 Å². The van der Waals surface area contributed by atoms with Gasteiger partial charge in [0.15, 0.2) is 11.6 Å². The summed E-state index contributed by atoms with van der Waals surface area (Å²) in [5.74, 6) is -2.80. The Balaban J connectivity index is 1.83. The van der Waals surface area contributed by atoms with Crippen molar-refractivity contribution in [3.8, 4) is 5.75 Å². The molecule has 2 nitrogen and oxygen atoms in total. The van der Waals surface area contributed by atoms with Crippen LogP contribution in [0.5, 0.6) is 5.75 Å². The quantitative estimate of drug-likeness (QED) is 0.871. The Hall–Kier alpha value is -2.01. The third-order valence-corrected chi connectivity index (χ3v) is 3.36. The highest BCUT2D eigenvalue weighted by atomic mass is 19.2. The SMILES string of the molecule is OC(c1ccc(OC2CC2)cc1)c1cc(F)c(F)cc1F. The number of aliphatic hydroxyl groups excluding tert-OH is 1. The zero-order valence-electron chi connectivity index (χ0n) is 11.0. The van der Waals surface area contributed by atoms with E-state index in [-0.39, 0.29) is 11.7 Å². The van der Waals surface area contributed by atoms with Crippen LogP contribution in [0.3, 0.4) is 0 Å². The fraction of sp³-hybridized carbons (Fsp3) is 0.250. The van der Waals surface area contributed by atoms with Gasteiger partial charge in [-0.05, 0) is 36.6 Å². The Morgan fingerprint density at radius 1 is 0.952 bits per heavy atom. The van der Waals surface area contributed by atoms with Crippen molar-refractivity contribution in [1.82, 2.24) is 0 Å². The van der Waals surface area contributed by atoms with Gasteiger partial charge in [0.2, 0.25) is 0 Å². The monoisotopic (exact) mass is 294 g/mol. The van der Waals surface area contributed by atoms with Crippen LogP contribution < -0.4 is 4.74 Å². The van der Waals surface area contributed by atoms with Gasteiger partial charge in [-0.2, -0.15) is 0 Å². The van der Waals surface area contributed by atoms with Crippen molar-refractivity contribution in [1.29, 1.82) is 0 Å². The lowest BCUT2D eigenvalue weighted by Gasteiger charge is -2.13. The lowest BCUT2D eigenvalue weighted by Crippen LogP contribution is -2.05. The molecule has 1 aliphatic carbocycles. The van der Waals surface area contributed by atoms with Crippen LogP contribution in [0, 0.1) is 17.5 Å². The second-order valence-corrected chi connectivity index (χ2v) is 5.08. The molecule has 5 heteroatoms. The molecule has 0 heterocycles. The molecule has 110 valence electrons. The fourth-order valence-electron chi connectivity index (χ4n) is 2.03. The number of halogens is 3. The van der Waals surface area contributed by atoms with Gasteiger partial charge >= 0.3 is 0 Å². The third-order valence-electron chi connectivity index (χ3n) is 3.36. The Morgan fingerprint density at radius 3 is 2.19 bits per heavy atom. The highest BCUT2D eigenvalue weighted by Gasteiger charge is 2.23. The molecule has 1 fully saturated rings. The summed E-state index contributed by atoms with van der Waals surface area (Å²) < 4.78 is 45.3. The van der Waals surface area contributed by atoms with E-state index in [9.17, 15) is 18.3 Å². The molecular formula is C16H13F3O2. The van der Waals surface area contributed by atoms with E-state index in [0.29, 0.717) is 23.4 Å². The molecule has 1 unspecified atom stereocenters. The molecular weight excluding hydrogens is 281 g/mol. The molecule has 0 aromatic heterocycles. The smallest absolute Gasteiger partial charge is 0.161 e. The van der Waals surface area contributed by atoms with Gasteiger partial charge in [0, 0.05) is 11.6 Å². The molecule has 0 bridgehead atoms. The Labute approximate surface area is 119 Å². The maximum atomic E-state index is 13.6. The van der Waals surface area contributed by atoms with Gasteiger partial charge in [-0.1, -0.05) is 12.1 Å². The zero-order chi connectivity index (χ0) is 15.0. The summed E-state index contributed by atoms with van der Waals surface area (Å²) in [5.41, 5.74) is 0.0767. The summed E-state index contributed by atoms with van der Waals surface area (Å²) in [4.78, 5) is 0. The highest BCUT2D eigenvalue weighted by Crippen LogP contribution is 2.30. The average molecular weight is 294 g/mol. The number of ether oxygens (including phenoxy) is 1. The normalized spacial score (nSPS) is 15.8. The van der Waals surface area contributed by atoms with Crippen molar-refractivity contribution >= 4 is 0 Å². The second kappa shape index (κ2) is 5.41. The van der Waals surface area contributed by atoms with E-state index in [1.165, 1.54) is 0 Å². The van der Waals surface area contributed by atoms with Crippen molar-refractivity contribution in [2.75, 3.05) is 0 Å². The number of hydrogen-bond acceptors (Lipinski definition) is 2. The van der Waals surface area contributed by atoms with Crippen LogP contribution in [-0.4, -0.2) is 11.2 Å². The molecule has 0 spiro atoms. The lowest BCUT2D eigenvalue weighted by atomic mass is 10.0. The number of benzene rings is 2. The maximum absolute atomic E-state index is 13.6. The van der Waals surface area contributed by atoms with E-state index >= 15 is 0 Å². The van der Waals surface area contributed by atoms with Crippen molar-refractivity contribution in [3.05, 3.63) is 65.0 Å². The van der Waals surface area contributed by atoms with Crippen molar-refractivity contribution in [2.45, 2.75) is 25.0 Å². The largest absolute Gasteiger partial charge is 0.490 e. The van der Waals surface area contributed by atoms with Crippen LogP contribution in [0.4, 0.5) is 13.2 Å². The fourth-order valence-corrected chi connectivity index (χ4v) is 2.03. The Kier molecular flexibility index (Phi) is 3.59. The van der Waals surface area contributed by atoms with Crippen LogP contribution in [0.2, 0.25) is 0 Å². The van der Waals surface area contributed by atoms with Crippen LogP contribution in [0.1, 0.15) is 30.1 Å². The summed E-state index contributed by atoms with van der Waals surface area (Å²) >= 11 is 0. The second-order valence-electron chi connectivity index (χ2n) is 5.08. The van der Waals surface area contributed by atoms with E-state index in [0.717, 1.165) is 12.8 Å². The summed E-state index contributed by atoms with van der Waals surface area (Å²) in [6, 6.07) is 7.57. The standard InChI is InChI=1S/C16H13F3O2/c17-13-8-15(19)14(18)7-12(13)16(20)9-1-3-10(4-2-9)21-11-5-6-11/h1-4,7-8,11,16,20H,5-6H2. The highest BCUT2D eigenvalue weighted by molar-refractivity contribution is 5.35. The molecule has 0 aliphatic heterocycles. The van der Waals surface area contributed by atoms with E-state index in [1.54, 1.807) is 24.3 Å². The first-order valence-corrected chi connectivity index (χ1v) is 6.63. The minimum absolute atomic E-state index is 0.254. The first-order chi connectivity index (χ1) is 10.0. The van der Waals surface area contributed by atoms with Gasteiger partial charge in [0.25, 0.3) is 0 Å². The van der Waals surface area contributed by atoms with Crippen LogP contribution >= 0.6 is 0 Å². The topological polar surface area (TPSA) is 29.5 Å². The van der Waals surface area contributed by atoms with E-state index in [2.05, 4.69) is 0 Å². The molecule has 0 amide bonds. The molecule has 0 radical (unpaired) electrons. The van der Waals surface area contributed by atoms with E-state index < -0.39 is 23.6 Å². The summed E-state index contributed by atoms with van der Waals surface area (Å²) in [6.07, 6.45) is 0.953. The predicted octanol–water partition coefficient (Wildman–Crippen LogP) is 3.73. The first kappa shape index (κ1) is 13.9. The molecule has 2 aromatic rings. The lowest BCUT2D eigenvalue weighted by molar-refractivity contribution is 0.213. The minimum atomic E-state index is -1.37. The van der Waals surface area contributed by atoms with Gasteiger partial charge < -0.3 is 9.84 Å². The number of aliphatic hydroxyl groups is 1. The van der Waals surface area contributed by atoms with Crippen molar-refractivity contribution in [2.24, 2.45) is 0 Å². The molecule has 0 saturated heterocycles. The molecule has 1 atom stereocenters.